The van der Waals surface area contributed by atoms with Crippen molar-refractivity contribution in [2.45, 2.75) is 44.3 Å². The number of hydrogen-bond acceptors (Lipinski definition) is 6. The van der Waals surface area contributed by atoms with Gasteiger partial charge in [-0.05, 0) is 68.2 Å². The van der Waals surface area contributed by atoms with E-state index in [9.17, 15) is 31.4 Å². The van der Waals surface area contributed by atoms with Crippen LogP contribution in [0.5, 0.6) is 5.88 Å². The summed E-state index contributed by atoms with van der Waals surface area (Å²) in [6, 6.07) is 6.72. The first kappa shape index (κ1) is 31.0. The van der Waals surface area contributed by atoms with E-state index in [1.54, 1.807) is 30.7 Å². The Morgan fingerprint density at radius 3 is 2.28 bits per heavy atom. The third kappa shape index (κ3) is 5.77. The second-order valence-electron chi connectivity index (χ2n) is 10.6. The van der Waals surface area contributed by atoms with Crippen molar-refractivity contribution < 1.29 is 36.2 Å². The van der Waals surface area contributed by atoms with Crippen molar-refractivity contribution in [3.8, 4) is 5.88 Å². The number of fused-ring (bicyclic) bond motifs is 1. The molecule has 0 spiro atoms. The van der Waals surface area contributed by atoms with Crippen molar-refractivity contribution in [1.82, 2.24) is 24.4 Å². The van der Waals surface area contributed by atoms with E-state index in [0.717, 1.165) is 12.3 Å². The number of halogens is 7. The van der Waals surface area contributed by atoms with E-state index in [-0.39, 0.29) is 60.2 Å². The summed E-state index contributed by atoms with van der Waals surface area (Å²) in [4.78, 5) is 14.1. The largest absolute Gasteiger partial charge is 0.481 e. The Balaban J connectivity index is 1.62. The highest BCUT2D eigenvalue weighted by molar-refractivity contribution is 6.36. The molecular formula is C29H28ClF6N5O2. The van der Waals surface area contributed by atoms with Crippen LogP contribution in [0.25, 0.3) is 10.9 Å². The van der Waals surface area contributed by atoms with E-state index < -0.39 is 29.6 Å². The molecule has 0 aliphatic carbocycles. The molecule has 1 N–H and O–H groups in total. The number of nitrogens with zero attached hydrogens (tertiary/aromatic N) is 5. The molecule has 1 aromatic carbocycles. The highest BCUT2D eigenvalue weighted by atomic mass is 35.5. The molecule has 1 aliphatic rings. The molecule has 43 heavy (non-hydrogen) atoms. The minimum absolute atomic E-state index is 0.0441. The summed E-state index contributed by atoms with van der Waals surface area (Å²) in [5.74, 6) is -0.650. The quantitative estimate of drug-likeness (QED) is 0.249. The zero-order valence-corrected chi connectivity index (χ0v) is 24.1. The minimum atomic E-state index is -4.75. The van der Waals surface area contributed by atoms with Crippen molar-refractivity contribution in [3.05, 3.63) is 81.7 Å². The fraction of sp³-hybridized carbons (Fsp3) is 0.414. The lowest BCUT2D eigenvalue weighted by Gasteiger charge is -2.33. The molecule has 1 aliphatic heterocycles. The number of pyridine rings is 2. The molecule has 0 unspecified atom stereocenters. The molecular weight excluding hydrogens is 600 g/mol. The average molecular weight is 628 g/mol. The summed E-state index contributed by atoms with van der Waals surface area (Å²) in [6.45, 7) is 2.26. The van der Waals surface area contributed by atoms with Crippen LogP contribution in [-0.4, -0.2) is 55.9 Å². The molecule has 3 aromatic heterocycles. The number of piperidine rings is 1. The van der Waals surface area contributed by atoms with Crippen LogP contribution in [0.2, 0.25) is 5.02 Å². The van der Waals surface area contributed by atoms with Gasteiger partial charge in [0.25, 0.3) is 0 Å². The summed E-state index contributed by atoms with van der Waals surface area (Å²) in [7, 11) is 3.04. The third-order valence-electron chi connectivity index (χ3n) is 8.08. The normalized spacial score (nSPS) is 16.9. The van der Waals surface area contributed by atoms with Gasteiger partial charge in [0.2, 0.25) is 5.88 Å². The van der Waals surface area contributed by atoms with Gasteiger partial charge in [-0.2, -0.15) is 26.3 Å². The van der Waals surface area contributed by atoms with Gasteiger partial charge in [-0.15, -0.1) is 0 Å². The SMILES string of the molecule is COc1nc2ccc([C@@](O)(c3ccnc(C(F)(F)F)c3)c3cnc(C)n3C)cc2c(Cl)c1CN1CCC(C(F)(F)F)CC1. The molecule has 4 aromatic rings. The molecule has 0 bridgehead atoms. The fourth-order valence-corrected chi connectivity index (χ4v) is 5.82. The summed E-state index contributed by atoms with van der Waals surface area (Å²) in [5.41, 5.74) is -2.16. The number of benzene rings is 1. The molecule has 1 saturated heterocycles. The molecule has 4 heterocycles. The lowest BCUT2D eigenvalue weighted by atomic mass is 9.83. The van der Waals surface area contributed by atoms with Crippen LogP contribution in [-0.2, 0) is 25.4 Å². The topological polar surface area (TPSA) is 76.3 Å². The van der Waals surface area contributed by atoms with Gasteiger partial charge in [0.05, 0.1) is 35.5 Å². The number of aliphatic hydroxyl groups is 1. The Bertz CT molecular complexity index is 1650. The molecule has 1 atom stereocenters. The number of methoxy groups -OCH3 is 1. The van der Waals surface area contributed by atoms with Crippen LogP contribution in [0.15, 0.2) is 42.7 Å². The number of alkyl halides is 6. The van der Waals surface area contributed by atoms with Gasteiger partial charge in [0.15, 0.2) is 5.60 Å². The van der Waals surface area contributed by atoms with E-state index in [1.165, 1.54) is 25.4 Å². The number of aromatic nitrogens is 4. The van der Waals surface area contributed by atoms with Crippen LogP contribution in [0.3, 0.4) is 0 Å². The van der Waals surface area contributed by atoms with Crippen molar-refractivity contribution >= 4 is 22.5 Å². The average Bonchev–Trinajstić information content (AvgIpc) is 3.31. The van der Waals surface area contributed by atoms with Crippen molar-refractivity contribution in [2.75, 3.05) is 20.2 Å². The maximum Gasteiger partial charge on any atom is 0.433 e. The van der Waals surface area contributed by atoms with Crippen LogP contribution in [0.4, 0.5) is 26.3 Å². The second-order valence-corrected chi connectivity index (χ2v) is 11.0. The Hall–Kier alpha value is -3.42. The number of likely N-dealkylation sites (tertiary alicyclic amines) is 1. The van der Waals surface area contributed by atoms with Gasteiger partial charge >= 0.3 is 12.4 Å². The summed E-state index contributed by atoms with van der Waals surface area (Å²) in [6.07, 6.45) is -6.73. The first-order chi connectivity index (χ1) is 20.1. The highest BCUT2D eigenvalue weighted by Gasteiger charge is 2.42. The van der Waals surface area contributed by atoms with E-state index in [1.807, 2.05) is 4.90 Å². The van der Waals surface area contributed by atoms with E-state index in [4.69, 9.17) is 16.3 Å². The first-order valence-corrected chi connectivity index (χ1v) is 13.7. The molecule has 0 saturated carbocycles. The Morgan fingerprint density at radius 2 is 1.70 bits per heavy atom. The number of ether oxygens (including phenoxy) is 1. The maximum absolute atomic E-state index is 13.6. The Kier molecular flexibility index (Phi) is 8.12. The third-order valence-corrected chi connectivity index (χ3v) is 8.51. The number of rotatable bonds is 6. The molecule has 230 valence electrons. The monoisotopic (exact) mass is 627 g/mol. The van der Waals surface area contributed by atoms with Crippen LogP contribution in [0, 0.1) is 12.8 Å². The molecule has 14 heteroatoms. The summed E-state index contributed by atoms with van der Waals surface area (Å²) in [5, 5.41) is 12.9. The Labute approximate surface area is 248 Å². The van der Waals surface area contributed by atoms with Crippen molar-refractivity contribution in [2.24, 2.45) is 13.0 Å². The zero-order chi connectivity index (χ0) is 31.3. The lowest BCUT2D eigenvalue weighted by Crippen LogP contribution is -2.38. The van der Waals surface area contributed by atoms with Gasteiger partial charge in [0, 0.05) is 30.7 Å². The van der Waals surface area contributed by atoms with Gasteiger partial charge < -0.3 is 14.4 Å². The summed E-state index contributed by atoms with van der Waals surface area (Å²) < 4.78 is 87.5. The van der Waals surface area contributed by atoms with Crippen LogP contribution < -0.4 is 4.74 Å². The number of aryl methyl sites for hydroxylation is 1. The standard InChI is InChI=1S/C29H28ClF6N5O2/c1-16-38-14-24(40(16)2)27(42,19-6-9-37-23(13-19)29(34,35)36)18-4-5-22-20(12-18)25(30)21(26(39-22)43-3)15-41-10-7-17(8-11-41)28(31,32)33/h4-6,9,12-14,17,42H,7-8,10-11,15H2,1-3H3/t27-/m1/s1. The highest BCUT2D eigenvalue weighted by Crippen LogP contribution is 2.42. The van der Waals surface area contributed by atoms with Gasteiger partial charge in [0.1, 0.15) is 11.5 Å². The smallest absolute Gasteiger partial charge is 0.433 e. The molecule has 0 radical (unpaired) electrons. The lowest BCUT2D eigenvalue weighted by molar-refractivity contribution is -0.185. The predicted octanol–water partition coefficient (Wildman–Crippen LogP) is 6.41. The van der Waals surface area contributed by atoms with E-state index >= 15 is 0 Å². The zero-order valence-electron chi connectivity index (χ0n) is 23.4. The van der Waals surface area contributed by atoms with Crippen molar-refractivity contribution in [1.29, 1.82) is 0 Å². The molecule has 5 rings (SSSR count). The first-order valence-electron chi connectivity index (χ1n) is 13.3. The van der Waals surface area contributed by atoms with E-state index in [0.29, 0.717) is 22.3 Å². The summed E-state index contributed by atoms with van der Waals surface area (Å²) >= 11 is 6.90. The molecule has 0 amide bonds. The maximum atomic E-state index is 13.6. The second kappa shape index (κ2) is 11.3. The minimum Gasteiger partial charge on any atom is -0.481 e. The molecule has 7 nitrogen and oxygen atoms in total. The van der Waals surface area contributed by atoms with Gasteiger partial charge in [-0.1, -0.05) is 17.7 Å². The fourth-order valence-electron chi connectivity index (χ4n) is 5.53. The van der Waals surface area contributed by atoms with Gasteiger partial charge in [-0.3, -0.25) is 9.88 Å². The van der Waals surface area contributed by atoms with E-state index in [2.05, 4.69) is 15.0 Å². The van der Waals surface area contributed by atoms with Crippen LogP contribution in [0.1, 0.15) is 46.7 Å². The van der Waals surface area contributed by atoms with Crippen LogP contribution >= 0.6 is 11.6 Å². The number of hydrogen-bond donors (Lipinski definition) is 1. The number of imidazole rings is 1. The molecule has 1 fully saturated rings. The predicted molar refractivity (Wildman–Crippen MR) is 147 cm³/mol. The Morgan fingerprint density at radius 1 is 1.02 bits per heavy atom. The van der Waals surface area contributed by atoms with Gasteiger partial charge in [-0.25, -0.2) is 9.97 Å². The van der Waals surface area contributed by atoms with Crippen molar-refractivity contribution in [3.63, 3.8) is 0 Å².